The predicted molar refractivity (Wildman–Crippen MR) is 123 cm³/mol. The number of amides is 1. The molecule has 2 atom stereocenters. The lowest BCUT2D eigenvalue weighted by Gasteiger charge is -2.37. The summed E-state index contributed by atoms with van der Waals surface area (Å²) in [6.07, 6.45) is 14.4. The van der Waals surface area contributed by atoms with E-state index in [1.54, 1.807) is 0 Å². The van der Waals surface area contributed by atoms with Crippen molar-refractivity contribution in [3.8, 4) is 0 Å². The minimum atomic E-state index is -0.184. The summed E-state index contributed by atoms with van der Waals surface area (Å²) in [5.41, 5.74) is 4.19. The van der Waals surface area contributed by atoms with Gasteiger partial charge in [0, 0.05) is 37.0 Å². The van der Waals surface area contributed by atoms with E-state index in [2.05, 4.69) is 44.1 Å². The van der Waals surface area contributed by atoms with Gasteiger partial charge in [-0.05, 0) is 55.7 Å². The van der Waals surface area contributed by atoms with Gasteiger partial charge in [-0.3, -0.25) is 14.5 Å². The second-order valence-corrected chi connectivity index (χ2v) is 9.09. The van der Waals surface area contributed by atoms with Crippen molar-refractivity contribution in [2.24, 2.45) is 16.8 Å². The largest absolute Gasteiger partial charge is 0.512 e. The smallest absolute Gasteiger partial charge is 0.230 e. The van der Waals surface area contributed by atoms with Crippen LogP contribution in [0.15, 0.2) is 52.5 Å². The van der Waals surface area contributed by atoms with Crippen LogP contribution in [0.5, 0.6) is 0 Å². The molecule has 4 rings (SSSR count). The number of carbonyl (C=O) groups is 1. The van der Waals surface area contributed by atoms with Crippen molar-refractivity contribution in [3.63, 3.8) is 0 Å². The van der Waals surface area contributed by atoms with Crippen LogP contribution < -0.4 is 0 Å². The number of nitrogens with zero attached hydrogens (tertiary/aromatic N) is 4. The van der Waals surface area contributed by atoms with Gasteiger partial charge in [0.05, 0.1) is 30.5 Å². The number of hydrogen-bond donors (Lipinski definition) is 1. The molecule has 0 bridgehead atoms. The zero-order chi connectivity index (χ0) is 22.0. The topological polar surface area (TPSA) is 70.7 Å². The molecule has 166 valence electrons. The molecule has 1 fully saturated rings. The molecule has 31 heavy (non-hydrogen) atoms. The van der Waals surface area contributed by atoms with Crippen molar-refractivity contribution in [1.29, 1.82) is 0 Å². The molecule has 2 aliphatic carbocycles. The van der Waals surface area contributed by atoms with Crippen molar-refractivity contribution in [1.82, 2.24) is 14.7 Å². The van der Waals surface area contributed by atoms with Crippen molar-refractivity contribution >= 4 is 11.6 Å². The van der Waals surface area contributed by atoms with E-state index >= 15 is 0 Å². The fourth-order valence-corrected chi connectivity index (χ4v) is 4.86. The third kappa shape index (κ3) is 4.53. The number of aliphatic hydroxyl groups excluding tert-OH is 1. The Bertz CT molecular complexity index is 950. The van der Waals surface area contributed by atoms with Gasteiger partial charge in [-0.2, -0.15) is 5.10 Å². The maximum atomic E-state index is 13.9. The van der Waals surface area contributed by atoms with Crippen molar-refractivity contribution < 1.29 is 9.90 Å². The molecule has 0 saturated heterocycles. The van der Waals surface area contributed by atoms with Gasteiger partial charge < -0.3 is 10.0 Å². The summed E-state index contributed by atoms with van der Waals surface area (Å²) in [5, 5.41) is 14.8. The SMILES string of the molecule is CCn1cc(CN(C(=O)[C@H]2CCCC3=C(O)CCC=C32)C2C=CC(C(C)C)=NC2)cn1. The molecule has 1 aromatic rings. The molecular weight excluding hydrogens is 388 g/mol. The van der Waals surface area contributed by atoms with E-state index < -0.39 is 0 Å². The Morgan fingerprint density at radius 3 is 2.87 bits per heavy atom. The zero-order valence-corrected chi connectivity index (χ0v) is 18.9. The number of hydrogen-bond acceptors (Lipinski definition) is 4. The summed E-state index contributed by atoms with van der Waals surface area (Å²) in [6.45, 7) is 8.27. The Morgan fingerprint density at radius 1 is 1.35 bits per heavy atom. The number of dihydropyridines is 1. The van der Waals surface area contributed by atoms with Crippen molar-refractivity contribution in [2.75, 3.05) is 6.54 Å². The Kier molecular flexibility index (Phi) is 6.44. The van der Waals surface area contributed by atoms with E-state index in [1.807, 2.05) is 22.0 Å². The number of carbonyl (C=O) groups excluding carboxylic acids is 1. The first-order valence-corrected chi connectivity index (χ1v) is 11.6. The normalized spacial score (nSPS) is 23.5. The summed E-state index contributed by atoms with van der Waals surface area (Å²) in [4.78, 5) is 20.7. The number of rotatable bonds is 6. The Labute approximate surface area is 185 Å². The van der Waals surface area contributed by atoms with E-state index in [-0.39, 0.29) is 17.9 Å². The summed E-state index contributed by atoms with van der Waals surface area (Å²) in [6, 6.07) is -0.0629. The van der Waals surface area contributed by atoms with Crippen LogP contribution in [-0.4, -0.2) is 44.0 Å². The number of aliphatic hydroxyl groups is 1. The van der Waals surface area contributed by atoms with Crippen LogP contribution in [0.25, 0.3) is 0 Å². The standard InChI is InChI=1S/C25H34N4O2/c1-4-28-15-18(13-27-28)16-29(19-11-12-23(17(2)3)26-14-19)25(31)22-9-5-8-21-20(22)7-6-10-24(21)30/h7,11-13,15,17,19,22,30H,4-6,8-10,14,16H2,1-3H3/t19?,22-/m0/s1. The first-order chi connectivity index (χ1) is 15.0. The van der Waals surface area contributed by atoms with Crippen LogP contribution in [0.2, 0.25) is 0 Å². The first kappa shape index (κ1) is 21.6. The lowest BCUT2D eigenvalue weighted by atomic mass is 9.76. The first-order valence-electron chi connectivity index (χ1n) is 11.6. The molecule has 1 amide bonds. The van der Waals surface area contributed by atoms with Crippen LogP contribution in [0, 0.1) is 11.8 Å². The number of allylic oxidation sites excluding steroid dienone is 4. The summed E-state index contributed by atoms with van der Waals surface area (Å²) in [5.74, 6) is 0.816. The van der Waals surface area contributed by atoms with Gasteiger partial charge in [-0.15, -0.1) is 0 Å². The highest BCUT2D eigenvalue weighted by Crippen LogP contribution is 2.40. The highest BCUT2D eigenvalue weighted by molar-refractivity contribution is 5.97. The van der Waals surface area contributed by atoms with E-state index in [0.717, 1.165) is 54.6 Å². The van der Waals surface area contributed by atoms with Gasteiger partial charge in [0.2, 0.25) is 5.91 Å². The highest BCUT2D eigenvalue weighted by Gasteiger charge is 2.36. The second-order valence-electron chi connectivity index (χ2n) is 9.09. The Hall–Kier alpha value is -2.63. The van der Waals surface area contributed by atoms with E-state index in [4.69, 9.17) is 4.99 Å². The van der Waals surface area contributed by atoms with Gasteiger partial charge in [0.15, 0.2) is 0 Å². The van der Waals surface area contributed by atoms with Crippen LogP contribution in [0.4, 0.5) is 0 Å². The molecule has 6 heteroatoms. The molecule has 0 aromatic carbocycles. The van der Waals surface area contributed by atoms with Gasteiger partial charge in [-0.25, -0.2) is 0 Å². The summed E-state index contributed by atoms with van der Waals surface area (Å²) >= 11 is 0. The molecule has 3 aliphatic rings. The van der Waals surface area contributed by atoms with E-state index in [1.165, 1.54) is 0 Å². The minimum Gasteiger partial charge on any atom is -0.512 e. The van der Waals surface area contributed by atoms with Crippen molar-refractivity contribution in [2.45, 2.75) is 72.0 Å². The fourth-order valence-electron chi connectivity index (χ4n) is 4.86. The van der Waals surface area contributed by atoms with Crippen LogP contribution in [0.3, 0.4) is 0 Å². The number of aromatic nitrogens is 2. The molecule has 1 aliphatic heterocycles. The average molecular weight is 423 g/mol. The molecule has 0 radical (unpaired) electrons. The Morgan fingerprint density at radius 2 is 2.19 bits per heavy atom. The maximum absolute atomic E-state index is 13.9. The fraction of sp³-hybridized carbons (Fsp3) is 0.560. The molecule has 1 unspecified atom stereocenters. The van der Waals surface area contributed by atoms with Gasteiger partial charge >= 0.3 is 0 Å². The molecule has 0 spiro atoms. The average Bonchev–Trinajstić information content (AvgIpc) is 3.25. The summed E-state index contributed by atoms with van der Waals surface area (Å²) in [7, 11) is 0. The second kappa shape index (κ2) is 9.25. The molecule has 1 N–H and O–H groups in total. The quantitative estimate of drug-likeness (QED) is 0.728. The third-order valence-corrected chi connectivity index (χ3v) is 6.62. The molecule has 1 saturated carbocycles. The lowest BCUT2D eigenvalue weighted by Crippen LogP contribution is -2.46. The van der Waals surface area contributed by atoms with E-state index in [0.29, 0.717) is 31.2 Å². The zero-order valence-electron chi connectivity index (χ0n) is 18.9. The highest BCUT2D eigenvalue weighted by atomic mass is 16.3. The number of aliphatic imine (C=N–C) groups is 1. The lowest BCUT2D eigenvalue weighted by molar-refractivity contribution is -0.136. The predicted octanol–water partition coefficient (Wildman–Crippen LogP) is 4.60. The number of aryl methyl sites for hydroxylation is 1. The summed E-state index contributed by atoms with van der Waals surface area (Å²) < 4.78 is 1.90. The molecule has 6 nitrogen and oxygen atoms in total. The van der Waals surface area contributed by atoms with Crippen LogP contribution in [0.1, 0.15) is 58.4 Å². The van der Waals surface area contributed by atoms with Crippen LogP contribution in [-0.2, 0) is 17.9 Å². The van der Waals surface area contributed by atoms with Crippen LogP contribution >= 0.6 is 0 Å². The maximum Gasteiger partial charge on any atom is 0.230 e. The molecular formula is C25H34N4O2. The molecule has 2 heterocycles. The van der Waals surface area contributed by atoms with Gasteiger partial charge in [0.25, 0.3) is 0 Å². The minimum absolute atomic E-state index is 0.0629. The third-order valence-electron chi connectivity index (χ3n) is 6.62. The van der Waals surface area contributed by atoms with Gasteiger partial charge in [-0.1, -0.05) is 26.0 Å². The number of fused-ring (bicyclic) bond motifs is 1. The van der Waals surface area contributed by atoms with Gasteiger partial charge in [0.1, 0.15) is 0 Å². The molecule has 1 aromatic heterocycles. The monoisotopic (exact) mass is 422 g/mol. The Balaban J connectivity index is 1.61. The van der Waals surface area contributed by atoms with Crippen molar-refractivity contribution in [3.05, 3.63) is 53.1 Å². The van der Waals surface area contributed by atoms with E-state index in [9.17, 15) is 9.90 Å².